The molecule has 0 aliphatic rings. The topological polar surface area (TPSA) is 78.4 Å². The monoisotopic (exact) mass is 258 g/mol. The Morgan fingerprint density at radius 3 is 2.47 bits per heavy atom. The molecule has 3 N–H and O–H groups in total. The molecule has 6 heteroatoms. The first-order valence-electron chi connectivity index (χ1n) is 5.51. The van der Waals surface area contributed by atoms with Crippen molar-refractivity contribution in [3.8, 4) is 0 Å². The lowest BCUT2D eigenvalue weighted by molar-refractivity contribution is 0.258. The van der Waals surface area contributed by atoms with Crippen molar-refractivity contribution in [3.63, 3.8) is 0 Å². The lowest BCUT2D eigenvalue weighted by Gasteiger charge is -2.16. The minimum absolute atomic E-state index is 0.281. The van der Waals surface area contributed by atoms with E-state index in [-0.39, 0.29) is 6.61 Å². The van der Waals surface area contributed by atoms with E-state index in [0.29, 0.717) is 6.54 Å². The van der Waals surface area contributed by atoms with Gasteiger partial charge < -0.3 is 5.11 Å². The van der Waals surface area contributed by atoms with Gasteiger partial charge in [-0.15, -0.1) is 0 Å². The summed E-state index contributed by atoms with van der Waals surface area (Å²) in [5.41, 5.74) is 0.733. The van der Waals surface area contributed by atoms with E-state index < -0.39 is 16.3 Å². The fourth-order valence-electron chi connectivity index (χ4n) is 1.36. The van der Waals surface area contributed by atoms with Crippen LogP contribution in [0.15, 0.2) is 30.3 Å². The molecule has 0 aliphatic carbocycles. The lowest BCUT2D eigenvalue weighted by Crippen LogP contribution is -2.40. The molecule has 0 radical (unpaired) electrons. The molecule has 0 aliphatic heterocycles. The van der Waals surface area contributed by atoms with Crippen molar-refractivity contribution >= 4 is 10.2 Å². The van der Waals surface area contributed by atoms with E-state index in [1.165, 1.54) is 0 Å². The lowest BCUT2D eigenvalue weighted by atomic mass is 10.1. The fourth-order valence-corrected chi connectivity index (χ4v) is 2.50. The molecule has 0 fully saturated rings. The molecule has 1 atom stereocenters. The van der Waals surface area contributed by atoms with Gasteiger partial charge in [-0.2, -0.15) is 13.1 Å². The molecule has 0 spiro atoms. The third kappa shape index (κ3) is 4.82. The smallest absolute Gasteiger partial charge is 0.277 e. The van der Waals surface area contributed by atoms with Crippen molar-refractivity contribution < 1.29 is 13.5 Å². The van der Waals surface area contributed by atoms with E-state index in [1.54, 1.807) is 24.3 Å². The van der Waals surface area contributed by atoms with Crippen LogP contribution in [-0.2, 0) is 10.2 Å². The van der Waals surface area contributed by atoms with E-state index >= 15 is 0 Å². The molecule has 1 aromatic rings. The summed E-state index contributed by atoms with van der Waals surface area (Å²) in [6.07, 6.45) is 0.718. The predicted octanol–water partition coefficient (Wildman–Crippen LogP) is 0.554. The second kappa shape index (κ2) is 6.70. The fraction of sp³-hybridized carbons (Fsp3) is 0.455. The van der Waals surface area contributed by atoms with E-state index in [4.69, 9.17) is 0 Å². The minimum atomic E-state index is -3.56. The maximum atomic E-state index is 11.6. The summed E-state index contributed by atoms with van der Waals surface area (Å²) in [6.45, 7) is 1.97. The summed E-state index contributed by atoms with van der Waals surface area (Å²) in [4.78, 5) is 0. The number of aliphatic hydroxyl groups is 1. The zero-order chi connectivity index (χ0) is 12.7. The van der Waals surface area contributed by atoms with Gasteiger partial charge in [-0.1, -0.05) is 37.3 Å². The number of nitrogens with one attached hydrogen (secondary N) is 2. The van der Waals surface area contributed by atoms with Crippen LogP contribution in [-0.4, -0.2) is 26.7 Å². The highest BCUT2D eigenvalue weighted by molar-refractivity contribution is 7.87. The average molecular weight is 258 g/mol. The minimum Gasteiger partial charge on any atom is -0.394 e. The van der Waals surface area contributed by atoms with Crippen LogP contribution in [0.3, 0.4) is 0 Å². The molecule has 0 heterocycles. The van der Waals surface area contributed by atoms with Crippen LogP contribution >= 0.6 is 0 Å². The first-order valence-corrected chi connectivity index (χ1v) is 7.00. The Labute approximate surface area is 102 Å². The molecule has 1 rings (SSSR count). The van der Waals surface area contributed by atoms with Crippen LogP contribution in [0.25, 0.3) is 0 Å². The highest BCUT2D eigenvalue weighted by Crippen LogP contribution is 2.12. The molecule has 96 valence electrons. The average Bonchev–Trinajstić information content (AvgIpc) is 2.35. The number of hydrogen-bond acceptors (Lipinski definition) is 3. The Bertz CT molecular complexity index is 420. The number of rotatable bonds is 7. The third-order valence-corrected chi connectivity index (χ3v) is 3.40. The molecular formula is C11H18N2O3S. The van der Waals surface area contributed by atoms with Crippen molar-refractivity contribution in [3.05, 3.63) is 35.9 Å². The van der Waals surface area contributed by atoms with Gasteiger partial charge in [-0.25, -0.2) is 4.72 Å². The van der Waals surface area contributed by atoms with Crippen LogP contribution in [0, 0.1) is 0 Å². The summed E-state index contributed by atoms with van der Waals surface area (Å²) < 4.78 is 28.0. The van der Waals surface area contributed by atoms with Crippen molar-refractivity contribution in [2.45, 2.75) is 19.4 Å². The SMILES string of the molecule is CCCNS(=O)(=O)NC(CO)c1ccccc1. The highest BCUT2D eigenvalue weighted by atomic mass is 32.2. The summed E-state index contributed by atoms with van der Waals surface area (Å²) in [6, 6.07) is 8.34. The molecule has 1 aromatic carbocycles. The second-order valence-corrected chi connectivity index (χ2v) is 5.19. The van der Waals surface area contributed by atoms with Crippen molar-refractivity contribution in [2.75, 3.05) is 13.2 Å². The van der Waals surface area contributed by atoms with E-state index in [1.807, 2.05) is 13.0 Å². The Kier molecular flexibility index (Phi) is 5.57. The zero-order valence-electron chi connectivity index (χ0n) is 9.76. The molecule has 5 nitrogen and oxygen atoms in total. The van der Waals surface area contributed by atoms with Gasteiger partial charge in [0.05, 0.1) is 12.6 Å². The van der Waals surface area contributed by atoms with Crippen LogP contribution in [0.2, 0.25) is 0 Å². The Morgan fingerprint density at radius 1 is 1.29 bits per heavy atom. The maximum absolute atomic E-state index is 11.6. The largest absolute Gasteiger partial charge is 0.394 e. The normalized spacial score (nSPS) is 13.5. The van der Waals surface area contributed by atoms with Crippen molar-refractivity contribution in [1.29, 1.82) is 0 Å². The molecule has 0 bridgehead atoms. The van der Waals surface area contributed by atoms with Crippen LogP contribution in [0.5, 0.6) is 0 Å². The summed E-state index contributed by atoms with van der Waals surface area (Å²) in [5, 5.41) is 9.21. The standard InChI is InChI=1S/C11H18N2O3S/c1-2-8-12-17(15,16)13-11(9-14)10-6-4-3-5-7-10/h3-7,11-14H,2,8-9H2,1H3. The van der Waals surface area contributed by atoms with E-state index in [2.05, 4.69) is 9.44 Å². The van der Waals surface area contributed by atoms with E-state index in [0.717, 1.165) is 12.0 Å². The van der Waals surface area contributed by atoms with E-state index in [9.17, 15) is 13.5 Å². The number of aliphatic hydroxyl groups excluding tert-OH is 1. The third-order valence-electron chi connectivity index (χ3n) is 2.22. The summed E-state index contributed by atoms with van der Waals surface area (Å²) in [7, 11) is -3.56. The summed E-state index contributed by atoms with van der Waals surface area (Å²) in [5.74, 6) is 0. The van der Waals surface area contributed by atoms with Gasteiger partial charge in [0.15, 0.2) is 0 Å². The first-order chi connectivity index (χ1) is 8.09. The molecule has 0 saturated heterocycles. The van der Waals surface area contributed by atoms with Crippen molar-refractivity contribution in [2.24, 2.45) is 0 Å². The first kappa shape index (κ1) is 14.1. The quantitative estimate of drug-likeness (QED) is 0.668. The molecule has 17 heavy (non-hydrogen) atoms. The number of benzene rings is 1. The Balaban J connectivity index is 2.71. The number of hydrogen-bond donors (Lipinski definition) is 3. The van der Waals surface area contributed by atoms with Gasteiger partial charge in [0.1, 0.15) is 0 Å². The van der Waals surface area contributed by atoms with Gasteiger partial charge in [0.2, 0.25) is 0 Å². The van der Waals surface area contributed by atoms with Gasteiger partial charge in [-0.05, 0) is 12.0 Å². The molecule has 0 aromatic heterocycles. The Hall–Kier alpha value is -0.950. The zero-order valence-corrected chi connectivity index (χ0v) is 10.6. The van der Waals surface area contributed by atoms with Crippen LogP contribution < -0.4 is 9.44 Å². The second-order valence-electron chi connectivity index (χ2n) is 3.66. The highest BCUT2D eigenvalue weighted by Gasteiger charge is 2.17. The molecule has 1 unspecified atom stereocenters. The Morgan fingerprint density at radius 2 is 1.94 bits per heavy atom. The van der Waals surface area contributed by atoms with Gasteiger partial charge in [-0.3, -0.25) is 0 Å². The molecule has 0 amide bonds. The molecule has 0 saturated carbocycles. The van der Waals surface area contributed by atoms with Gasteiger partial charge >= 0.3 is 0 Å². The van der Waals surface area contributed by atoms with Gasteiger partial charge in [0.25, 0.3) is 10.2 Å². The van der Waals surface area contributed by atoms with Gasteiger partial charge in [0, 0.05) is 6.54 Å². The van der Waals surface area contributed by atoms with Crippen molar-refractivity contribution in [1.82, 2.24) is 9.44 Å². The maximum Gasteiger partial charge on any atom is 0.277 e. The van der Waals surface area contributed by atoms with Crippen LogP contribution in [0.1, 0.15) is 24.9 Å². The summed E-state index contributed by atoms with van der Waals surface area (Å²) >= 11 is 0. The predicted molar refractivity (Wildman–Crippen MR) is 66.6 cm³/mol. The van der Waals surface area contributed by atoms with Crippen LogP contribution in [0.4, 0.5) is 0 Å². The molecular weight excluding hydrogens is 240 g/mol.